The van der Waals surface area contributed by atoms with Crippen LogP contribution in [0.4, 0.5) is 5.95 Å². The van der Waals surface area contributed by atoms with Gasteiger partial charge >= 0.3 is 0 Å². The number of nitrogens with two attached hydrogens (primary N) is 1. The Morgan fingerprint density at radius 3 is 2.48 bits per heavy atom. The standard InChI is InChI=1S/C16H12ClN3O/c17-13-10-19-16(18)20-15(13)21-14-9-5-4-8-12(14)11-6-2-1-3-7-11/h1-10H,(H2,18,19,20). The first-order chi connectivity index (χ1) is 10.2. The highest BCUT2D eigenvalue weighted by Gasteiger charge is 2.10. The zero-order valence-electron chi connectivity index (χ0n) is 11.0. The minimum absolute atomic E-state index is 0.117. The molecule has 5 heteroatoms. The first-order valence-electron chi connectivity index (χ1n) is 6.34. The monoisotopic (exact) mass is 297 g/mol. The van der Waals surface area contributed by atoms with Gasteiger partial charge in [0.1, 0.15) is 10.8 Å². The van der Waals surface area contributed by atoms with Crippen molar-refractivity contribution in [1.29, 1.82) is 0 Å². The normalized spacial score (nSPS) is 10.3. The predicted molar refractivity (Wildman–Crippen MR) is 83.4 cm³/mol. The second-order valence-corrected chi connectivity index (χ2v) is 4.75. The van der Waals surface area contributed by atoms with Gasteiger partial charge in [-0.05, 0) is 11.6 Å². The number of anilines is 1. The molecule has 0 bridgehead atoms. The number of rotatable bonds is 3. The van der Waals surface area contributed by atoms with E-state index in [0.29, 0.717) is 10.8 Å². The summed E-state index contributed by atoms with van der Waals surface area (Å²) in [6.45, 7) is 0. The third kappa shape index (κ3) is 2.95. The molecule has 2 aromatic carbocycles. The Balaban J connectivity index is 2.02. The van der Waals surface area contributed by atoms with Crippen LogP contribution in [-0.2, 0) is 0 Å². The van der Waals surface area contributed by atoms with Crippen LogP contribution in [0.1, 0.15) is 0 Å². The molecule has 3 aromatic rings. The summed E-state index contributed by atoms with van der Waals surface area (Å²) in [6, 6.07) is 17.6. The molecule has 1 aromatic heterocycles. The van der Waals surface area contributed by atoms with Crippen molar-refractivity contribution in [3.8, 4) is 22.8 Å². The number of benzene rings is 2. The maximum atomic E-state index is 6.04. The van der Waals surface area contributed by atoms with E-state index in [1.807, 2.05) is 54.6 Å². The van der Waals surface area contributed by atoms with Crippen molar-refractivity contribution < 1.29 is 4.74 Å². The zero-order valence-corrected chi connectivity index (χ0v) is 11.8. The Bertz CT molecular complexity index is 762. The van der Waals surface area contributed by atoms with Gasteiger partial charge in [-0.2, -0.15) is 4.98 Å². The topological polar surface area (TPSA) is 61.0 Å². The number of halogens is 1. The fourth-order valence-corrected chi connectivity index (χ4v) is 2.08. The van der Waals surface area contributed by atoms with Crippen LogP contribution in [0.3, 0.4) is 0 Å². The van der Waals surface area contributed by atoms with Gasteiger partial charge in [0.15, 0.2) is 0 Å². The molecule has 0 unspecified atom stereocenters. The smallest absolute Gasteiger partial charge is 0.243 e. The molecular weight excluding hydrogens is 286 g/mol. The van der Waals surface area contributed by atoms with Crippen LogP contribution >= 0.6 is 11.6 Å². The summed E-state index contributed by atoms with van der Waals surface area (Å²) in [4.78, 5) is 7.83. The van der Waals surface area contributed by atoms with Gasteiger partial charge in [0.05, 0.1) is 6.20 Å². The highest BCUT2D eigenvalue weighted by Crippen LogP contribution is 2.34. The average Bonchev–Trinajstić information content (AvgIpc) is 2.52. The van der Waals surface area contributed by atoms with Crippen LogP contribution in [0.2, 0.25) is 5.02 Å². The van der Waals surface area contributed by atoms with Crippen LogP contribution in [0.25, 0.3) is 11.1 Å². The lowest BCUT2D eigenvalue weighted by molar-refractivity contribution is 0.464. The van der Waals surface area contributed by atoms with Gasteiger partial charge < -0.3 is 10.5 Å². The molecule has 4 nitrogen and oxygen atoms in total. The minimum Gasteiger partial charge on any atom is -0.437 e. The Labute approximate surface area is 127 Å². The van der Waals surface area contributed by atoms with Crippen LogP contribution in [0.15, 0.2) is 60.8 Å². The number of hydrogen-bond donors (Lipinski definition) is 1. The molecule has 2 N–H and O–H groups in total. The maximum Gasteiger partial charge on any atom is 0.243 e. The molecule has 3 rings (SSSR count). The van der Waals surface area contributed by atoms with Crippen molar-refractivity contribution in [2.75, 3.05) is 5.73 Å². The molecule has 0 saturated heterocycles. The molecule has 0 saturated carbocycles. The van der Waals surface area contributed by atoms with Crippen LogP contribution < -0.4 is 10.5 Å². The Kier molecular flexibility index (Phi) is 3.71. The summed E-state index contributed by atoms with van der Waals surface area (Å²) < 4.78 is 5.81. The molecule has 0 aliphatic heterocycles. The molecule has 104 valence electrons. The van der Waals surface area contributed by atoms with E-state index in [9.17, 15) is 0 Å². The molecule has 0 atom stereocenters. The van der Waals surface area contributed by atoms with Crippen molar-refractivity contribution in [1.82, 2.24) is 9.97 Å². The van der Waals surface area contributed by atoms with Crippen molar-refractivity contribution in [2.24, 2.45) is 0 Å². The second-order valence-electron chi connectivity index (χ2n) is 4.35. The van der Waals surface area contributed by atoms with Gasteiger partial charge in [0.2, 0.25) is 11.8 Å². The summed E-state index contributed by atoms with van der Waals surface area (Å²) in [6.07, 6.45) is 1.42. The number of ether oxygens (including phenoxy) is 1. The van der Waals surface area contributed by atoms with E-state index in [1.165, 1.54) is 6.20 Å². The molecule has 21 heavy (non-hydrogen) atoms. The fourth-order valence-electron chi connectivity index (χ4n) is 1.95. The fraction of sp³-hybridized carbons (Fsp3) is 0. The maximum absolute atomic E-state index is 6.04. The highest BCUT2D eigenvalue weighted by molar-refractivity contribution is 6.31. The highest BCUT2D eigenvalue weighted by atomic mass is 35.5. The Morgan fingerprint density at radius 1 is 0.952 bits per heavy atom. The summed E-state index contributed by atoms with van der Waals surface area (Å²) >= 11 is 6.04. The van der Waals surface area contributed by atoms with Gasteiger partial charge in [0.25, 0.3) is 0 Å². The van der Waals surface area contributed by atoms with Crippen molar-refractivity contribution in [3.05, 3.63) is 65.8 Å². The van der Waals surface area contributed by atoms with E-state index in [-0.39, 0.29) is 11.8 Å². The summed E-state index contributed by atoms with van der Waals surface area (Å²) in [5, 5.41) is 0.312. The molecule has 0 fully saturated rings. The average molecular weight is 298 g/mol. The van der Waals surface area contributed by atoms with Gasteiger partial charge in [-0.15, -0.1) is 0 Å². The number of nitrogen functional groups attached to an aromatic ring is 1. The predicted octanol–water partition coefficient (Wildman–Crippen LogP) is 4.17. The third-order valence-electron chi connectivity index (χ3n) is 2.91. The molecule has 0 radical (unpaired) electrons. The number of aromatic nitrogens is 2. The molecule has 0 amide bonds. The third-order valence-corrected chi connectivity index (χ3v) is 3.17. The van der Waals surface area contributed by atoms with Gasteiger partial charge in [-0.1, -0.05) is 60.1 Å². The first kappa shape index (κ1) is 13.4. The molecule has 0 aliphatic carbocycles. The SMILES string of the molecule is Nc1ncc(Cl)c(Oc2ccccc2-c2ccccc2)n1. The first-order valence-corrected chi connectivity index (χ1v) is 6.72. The van der Waals surface area contributed by atoms with E-state index < -0.39 is 0 Å². The second kappa shape index (κ2) is 5.81. The largest absolute Gasteiger partial charge is 0.437 e. The van der Waals surface area contributed by atoms with E-state index in [0.717, 1.165) is 11.1 Å². The van der Waals surface area contributed by atoms with Crippen molar-refractivity contribution >= 4 is 17.5 Å². The quantitative estimate of drug-likeness (QED) is 0.788. The number of para-hydroxylation sites is 1. The van der Waals surface area contributed by atoms with Crippen molar-refractivity contribution in [3.63, 3.8) is 0 Å². The van der Waals surface area contributed by atoms with Gasteiger partial charge in [-0.25, -0.2) is 4.98 Å². The minimum atomic E-state index is 0.117. The van der Waals surface area contributed by atoms with Crippen LogP contribution in [-0.4, -0.2) is 9.97 Å². The Morgan fingerprint density at radius 2 is 1.67 bits per heavy atom. The number of hydrogen-bond acceptors (Lipinski definition) is 4. The molecule has 0 spiro atoms. The lowest BCUT2D eigenvalue weighted by Gasteiger charge is -2.11. The molecule has 1 heterocycles. The van der Waals surface area contributed by atoms with E-state index in [1.54, 1.807) is 0 Å². The van der Waals surface area contributed by atoms with Crippen LogP contribution in [0.5, 0.6) is 11.6 Å². The molecule has 0 aliphatic rings. The summed E-state index contributed by atoms with van der Waals surface area (Å²) in [5.41, 5.74) is 7.57. The summed E-state index contributed by atoms with van der Waals surface area (Å²) in [5.74, 6) is 1.02. The van der Waals surface area contributed by atoms with Gasteiger partial charge in [0, 0.05) is 5.56 Å². The lowest BCUT2D eigenvalue weighted by atomic mass is 10.1. The zero-order chi connectivity index (χ0) is 14.7. The Hall–Kier alpha value is -2.59. The van der Waals surface area contributed by atoms with E-state index in [4.69, 9.17) is 22.1 Å². The van der Waals surface area contributed by atoms with Crippen LogP contribution in [0, 0.1) is 0 Å². The molecular formula is C16H12ClN3O. The van der Waals surface area contributed by atoms with E-state index >= 15 is 0 Å². The summed E-state index contributed by atoms with van der Waals surface area (Å²) in [7, 11) is 0. The van der Waals surface area contributed by atoms with E-state index in [2.05, 4.69) is 9.97 Å². The van der Waals surface area contributed by atoms with Gasteiger partial charge in [-0.3, -0.25) is 0 Å². The number of nitrogens with zero attached hydrogens (tertiary/aromatic N) is 2. The van der Waals surface area contributed by atoms with Crippen molar-refractivity contribution in [2.45, 2.75) is 0 Å². The lowest BCUT2D eigenvalue weighted by Crippen LogP contribution is -1.98.